The van der Waals surface area contributed by atoms with E-state index >= 15 is 0 Å². The minimum absolute atomic E-state index is 0.0546. The minimum Gasteiger partial charge on any atom is -0.338 e. The van der Waals surface area contributed by atoms with Crippen LogP contribution in [0.2, 0.25) is 0 Å². The first-order chi connectivity index (χ1) is 9.32. The highest BCUT2D eigenvalue weighted by molar-refractivity contribution is 9.10. The predicted molar refractivity (Wildman–Crippen MR) is 70.9 cm³/mol. The van der Waals surface area contributed by atoms with E-state index in [1.165, 1.54) is 23.1 Å². The molecule has 5 nitrogen and oxygen atoms in total. The van der Waals surface area contributed by atoms with Gasteiger partial charge in [-0.15, -0.1) is 0 Å². The van der Waals surface area contributed by atoms with Crippen LogP contribution < -0.4 is 0 Å². The number of nitrogens with zero attached hydrogens (tertiary/aromatic N) is 2. The fourth-order valence-corrected chi connectivity index (χ4v) is 2.61. The van der Waals surface area contributed by atoms with E-state index in [2.05, 4.69) is 15.9 Å². The highest BCUT2D eigenvalue weighted by atomic mass is 79.9. The van der Waals surface area contributed by atoms with Crippen molar-refractivity contribution in [1.29, 1.82) is 0 Å². The maximum atomic E-state index is 13.1. The third-order valence-electron chi connectivity index (χ3n) is 3.19. The highest BCUT2D eigenvalue weighted by Gasteiger charge is 2.36. The number of nitro groups is 1. The van der Waals surface area contributed by atoms with Crippen molar-refractivity contribution in [3.8, 4) is 0 Å². The second-order valence-electron chi connectivity index (χ2n) is 4.54. The number of hydrogen-bond acceptors (Lipinski definition) is 3. The zero-order valence-electron chi connectivity index (χ0n) is 10.3. The van der Waals surface area contributed by atoms with Gasteiger partial charge in [-0.1, -0.05) is 6.07 Å². The molecule has 0 N–H and O–H groups in total. The van der Waals surface area contributed by atoms with E-state index in [0.717, 1.165) is 0 Å². The molecular formula is C12H11BrF2N2O3. The molecule has 0 atom stereocenters. The molecule has 0 saturated carbocycles. The molecule has 0 aromatic heterocycles. The molecule has 1 aromatic rings. The molecule has 1 aliphatic rings. The topological polar surface area (TPSA) is 63.4 Å². The van der Waals surface area contributed by atoms with Gasteiger partial charge >= 0.3 is 0 Å². The number of hydrogen-bond donors (Lipinski definition) is 0. The molecule has 1 fully saturated rings. The second-order valence-corrected chi connectivity index (χ2v) is 5.34. The van der Waals surface area contributed by atoms with Gasteiger partial charge in [0.1, 0.15) is 4.47 Å². The molecule has 108 valence electrons. The summed E-state index contributed by atoms with van der Waals surface area (Å²) in [6, 6.07) is 4.10. The van der Waals surface area contributed by atoms with Crippen LogP contribution in [0, 0.1) is 10.1 Å². The number of nitro benzene ring substituents is 1. The Kier molecular flexibility index (Phi) is 4.03. The molecule has 1 aliphatic heterocycles. The van der Waals surface area contributed by atoms with Gasteiger partial charge in [0.15, 0.2) is 0 Å². The lowest BCUT2D eigenvalue weighted by atomic mass is 10.1. The molecule has 0 bridgehead atoms. The number of benzene rings is 1. The van der Waals surface area contributed by atoms with Crippen LogP contribution in [0.15, 0.2) is 22.7 Å². The Bertz CT molecular complexity index is 556. The zero-order chi connectivity index (χ0) is 14.9. The van der Waals surface area contributed by atoms with Crippen LogP contribution in [-0.4, -0.2) is 34.7 Å². The van der Waals surface area contributed by atoms with Gasteiger partial charge in [-0.3, -0.25) is 14.9 Å². The van der Waals surface area contributed by atoms with Crippen molar-refractivity contribution < 1.29 is 18.5 Å². The number of carbonyl (C=O) groups is 1. The van der Waals surface area contributed by atoms with Crippen LogP contribution in [0.25, 0.3) is 0 Å². The summed E-state index contributed by atoms with van der Waals surface area (Å²) in [7, 11) is 0. The van der Waals surface area contributed by atoms with Crippen molar-refractivity contribution in [2.75, 3.05) is 13.1 Å². The van der Waals surface area contributed by atoms with Crippen molar-refractivity contribution in [3.05, 3.63) is 38.3 Å². The van der Waals surface area contributed by atoms with E-state index in [4.69, 9.17) is 0 Å². The second kappa shape index (κ2) is 5.43. The number of likely N-dealkylation sites (tertiary alicyclic amines) is 1. The number of alkyl halides is 2. The summed E-state index contributed by atoms with van der Waals surface area (Å²) in [5.74, 6) is -3.22. The summed E-state index contributed by atoms with van der Waals surface area (Å²) in [6.07, 6.45) is -0.767. The molecule has 2 rings (SSSR count). The van der Waals surface area contributed by atoms with Gasteiger partial charge in [-0.25, -0.2) is 8.78 Å². The first kappa shape index (κ1) is 14.8. The first-order valence-corrected chi connectivity index (χ1v) is 6.71. The van der Waals surface area contributed by atoms with Crippen molar-refractivity contribution >= 4 is 27.5 Å². The summed E-state index contributed by atoms with van der Waals surface area (Å²) in [4.78, 5) is 23.7. The predicted octanol–water partition coefficient (Wildman–Crippen LogP) is 3.23. The molecule has 1 saturated heterocycles. The van der Waals surface area contributed by atoms with Gasteiger partial charge in [0.2, 0.25) is 0 Å². The van der Waals surface area contributed by atoms with Crippen LogP contribution in [0.3, 0.4) is 0 Å². The van der Waals surface area contributed by atoms with Gasteiger partial charge < -0.3 is 4.90 Å². The lowest BCUT2D eigenvalue weighted by Gasteiger charge is -2.31. The molecule has 1 amide bonds. The van der Waals surface area contributed by atoms with Crippen molar-refractivity contribution in [3.63, 3.8) is 0 Å². The Hall–Kier alpha value is -1.57. The summed E-state index contributed by atoms with van der Waals surface area (Å²) >= 11 is 3.03. The van der Waals surface area contributed by atoms with Gasteiger partial charge in [0, 0.05) is 32.0 Å². The lowest BCUT2D eigenvalue weighted by Crippen LogP contribution is -2.42. The monoisotopic (exact) mass is 348 g/mol. The fourth-order valence-electron chi connectivity index (χ4n) is 2.03. The molecule has 0 aliphatic carbocycles. The van der Waals surface area contributed by atoms with E-state index < -0.39 is 16.8 Å². The first-order valence-electron chi connectivity index (χ1n) is 5.92. The fraction of sp³-hybridized carbons (Fsp3) is 0.417. The van der Waals surface area contributed by atoms with Crippen LogP contribution in [-0.2, 0) is 0 Å². The molecule has 0 radical (unpaired) electrons. The zero-order valence-corrected chi connectivity index (χ0v) is 11.9. The Morgan fingerprint density at radius 3 is 2.50 bits per heavy atom. The van der Waals surface area contributed by atoms with Crippen molar-refractivity contribution in [2.45, 2.75) is 18.8 Å². The SMILES string of the molecule is O=C(c1cccc([N+](=O)[O-])c1Br)N1CCC(F)(F)CC1. The maximum Gasteiger partial charge on any atom is 0.284 e. The number of piperidine rings is 1. The van der Waals surface area contributed by atoms with Crippen molar-refractivity contribution in [2.24, 2.45) is 0 Å². The molecule has 8 heteroatoms. The van der Waals surface area contributed by atoms with Gasteiger partial charge in [0.25, 0.3) is 17.5 Å². The van der Waals surface area contributed by atoms with Gasteiger partial charge in [-0.05, 0) is 22.0 Å². The number of carbonyl (C=O) groups excluding carboxylic acids is 1. The molecular weight excluding hydrogens is 338 g/mol. The van der Waals surface area contributed by atoms with Crippen LogP contribution in [0.4, 0.5) is 14.5 Å². The molecule has 1 aromatic carbocycles. The molecule has 20 heavy (non-hydrogen) atoms. The van der Waals surface area contributed by atoms with E-state index in [0.29, 0.717) is 0 Å². The Labute approximate surface area is 121 Å². The maximum absolute atomic E-state index is 13.1. The summed E-state index contributed by atoms with van der Waals surface area (Å²) in [5.41, 5.74) is -0.109. The van der Waals surface area contributed by atoms with Gasteiger partial charge in [0.05, 0.1) is 10.5 Å². The van der Waals surface area contributed by atoms with Crippen LogP contribution >= 0.6 is 15.9 Å². The molecule has 0 spiro atoms. The number of halogens is 3. The third kappa shape index (κ3) is 2.95. The quantitative estimate of drug-likeness (QED) is 0.608. The normalized spacial score (nSPS) is 17.9. The van der Waals surface area contributed by atoms with Crippen molar-refractivity contribution in [1.82, 2.24) is 4.90 Å². The summed E-state index contributed by atoms with van der Waals surface area (Å²) < 4.78 is 26.2. The van der Waals surface area contributed by atoms with Crippen LogP contribution in [0.5, 0.6) is 0 Å². The highest BCUT2D eigenvalue weighted by Crippen LogP contribution is 2.32. The average molecular weight is 349 g/mol. The molecule has 1 heterocycles. The minimum atomic E-state index is -2.74. The molecule has 0 unspecified atom stereocenters. The lowest BCUT2D eigenvalue weighted by molar-refractivity contribution is -0.385. The standard InChI is InChI=1S/C12H11BrF2N2O3/c13-10-8(2-1-3-9(10)17(19)20)11(18)16-6-4-12(14,15)5-7-16/h1-3H,4-7H2. The van der Waals surface area contributed by atoms with E-state index in [1.807, 2.05) is 0 Å². The van der Waals surface area contributed by atoms with Gasteiger partial charge in [-0.2, -0.15) is 0 Å². The summed E-state index contributed by atoms with van der Waals surface area (Å²) in [5, 5.41) is 10.8. The Morgan fingerprint density at radius 2 is 1.95 bits per heavy atom. The number of rotatable bonds is 2. The third-order valence-corrected chi connectivity index (χ3v) is 4.02. The van der Waals surface area contributed by atoms with E-state index in [-0.39, 0.29) is 41.7 Å². The smallest absolute Gasteiger partial charge is 0.284 e. The van der Waals surface area contributed by atoms with E-state index in [1.54, 1.807) is 0 Å². The van der Waals surface area contributed by atoms with E-state index in [9.17, 15) is 23.7 Å². The average Bonchev–Trinajstić information content (AvgIpc) is 2.38. The number of amides is 1. The Balaban J connectivity index is 2.22. The largest absolute Gasteiger partial charge is 0.338 e. The summed E-state index contributed by atoms with van der Waals surface area (Å²) in [6.45, 7) is -0.109. The van der Waals surface area contributed by atoms with Crippen LogP contribution in [0.1, 0.15) is 23.2 Å². The Morgan fingerprint density at radius 1 is 1.35 bits per heavy atom.